The number of thiazole rings is 1. The van der Waals surface area contributed by atoms with Gasteiger partial charge in [-0.15, -0.1) is 0 Å². The van der Waals surface area contributed by atoms with E-state index < -0.39 is 5.82 Å². The zero-order valence-electron chi connectivity index (χ0n) is 14.2. The number of hydrogen-bond acceptors (Lipinski definition) is 7. The third-order valence-corrected chi connectivity index (χ3v) is 5.69. The van der Waals surface area contributed by atoms with Gasteiger partial charge in [0.05, 0.1) is 5.02 Å². The first-order valence-corrected chi connectivity index (χ1v) is 9.56. The van der Waals surface area contributed by atoms with Crippen LogP contribution in [0.25, 0.3) is 10.3 Å². The van der Waals surface area contributed by atoms with Crippen LogP contribution in [0.15, 0.2) is 24.5 Å². The highest BCUT2D eigenvalue weighted by Gasteiger charge is 2.19. The number of rotatable bonds is 4. The van der Waals surface area contributed by atoms with Crippen LogP contribution in [0.2, 0.25) is 5.02 Å². The highest BCUT2D eigenvalue weighted by molar-refractivity contribution is 7.22. The van der Waals surface area contributed by atoms with E-state index in [-0.39, 0.29) is 5.02 Å². The van der Waals surface area contributed by atoms with Crippen molar-refractivity contribution in [3.8, 4) is 0 Å². The summed E-state index contributed by atoms with van der Waals surface area (Å²) in [7, 11) is 2.14. The van der Waals surface area contributed by atoms with Crippen LogP contribution in [-0.4, -0.2) is 46.0 Å². The molecule has 2 aromatic heterocycles. The van der Waals surface area contributed by atoms with Crippen molar-refractivity contribution in [2.75, 3.05) is 30.8 Å². The predicted molar refractivity (Wildman–Crippen MR) is 104 cm³/mol. The second-order valence-electron chi connectivity index (χ2n) is 6.37. The number of halogens is 2. The molecule has 1 saturated heterocycles. The maximum absolute atomic E-state index is 13.3. The third-order valence-electron chi connectivity index (χ3n) is 4.42. The Morgan fingerprint density at radius 2 is 2.08 bits per heavy atom. The van der Waals surface area contributed by atoms with Crippen molar-refractivity contribution >= 4 is 49.9 Å². The van der Waals surface area contributed by atoms with Crippen LogP contribution in [-0.2, 0) is 0 Å². The Bertz CT molecular complexity index is 925. The van der Waals surface area contributed by atoms with Crippen LogP contribution in [0.5, 0.6) is 0 Å². The Balaban J connectivity index is 1.56. The Morgan fingerprint density at radius 1 is 1.27 bits per heavy atom. The predicted octanol–water partition coefficient (Wildman–Crippen LogP) is 4.13. The number of fused-ring (bicyclic) bond motifs is 1. The topological polar surface area (TPSA) is 66.0 Å². The van der Waals surface area contributed by atoms with Gasteiger partial charge in [0.2, 0.25) is 0 Å². The Kier molecular flexibility index (Phi) is 4.88. The highest BCUT2D eigenvalue weighted by atomic mass is 35.5. The first-order valence-electron chi connectivity index (χ1n) is 8.37. The molecule has 0 spiro atoms. The number of benzene rings is 1. The zero-order valence-corrected chi connectivity index (χ0v) is 15.7. The largest absolute Gasteiger partial charge is 0.359 e. The first-order chi connectivity index (χ1) is 12.6. The van der Waals surface area contributed by atoms with Crippen LogP contribution < -0.4 is 10.6 Å². The lowest BCUT2D eigenvalue weighted by atomic mass is 10.1. The van der Waals surface area contributed by atoms with Gasteiger partial charge in [-0.3, -0.25) is 0 Å². The number of nitrogens with one attached hydrogen (secondary N) is 2. The molecule has 1 fully saturated rings. The maximum Gasteiger partial charge on any atom is 0.185 e. The summed E-state index contributed by atoms with van der Waals surface area (Å²) in [5, 5.41) is 7.59. The van der Waals surface area contributed by atoms with E-state index in [0.29, 0.717) is 23.2 Å². The van der Waals surface area contributed by atoms with Crippen LogP contribution in [0.4, 0.5) is 21.0 Å². The molecule has 3 aromatic rings. The molecule has 0 aliphatic carbocycles. The molecular formula is C17H18ClFN6S. The van der Waals surface area contributed by atoms with Crippen LogP contribution in [0.3, 0.4) is 0 Å². The monoisotopic (exact) mass is 392 g/mol. The average molecular weight is 393 g/mol. The molecule has 0 amide bonds. The second kappa shape index (κ2) is 7.30. The fraction of sp³-hybridized carbons (Fsp3) is 0.353. The van der Waals surface area contributed by atoms with Crippen LogP contribution >= 0.6 is 22.9 Å². The van der Waals surface area contributed by atoms with Crippen LogP contribution in [0, 0.1) is 5.82 Å². The van der Waals surface area contributed by atoms with Gasteiger partial charge < -0.3 is 15.5 Å². The van der Waals surface area contributed by atoms with E-state index in [1.165, 1.54) is 29.8 Å². The van der Waals surface area contributed by atoms with Gasteiger partial charge >= 0.3 is 0 Å². The van der Waals surface area contributed by atoms with E-state index in [1.54, 1.807) is 6.07 Å². The summed E-state index contributed by atoms with van der Waals surface area (Å²) in [5.74, 6) is 0.180. The average Bonchev–Trinajstić information content (AvgIpc) is 3.04. The summed E-state index contributed by atoms with van der Waals surface area (Å²) in [6.45, 7) is 2.17. The van der Waals surface area contributed by atoms with Crippen molar-refractivity contribution in [1.82, 2.24) is 19.9 Å². The number of anilines is 3. The highest BCUT2D eigenvalue weighted by Crippen LogP contribution is 2.32. The van der Waals surface area contributed by atoms with Crippen molar-refractivity contribution in [3.63, 3.8) is 0 Å². The fourth-order valence-corrected chi connectivity index (χ4v) is 4.06. The molecule has 6 nitrogen and oxygen atoms in total. The van der Waals surface area contributed by atoms with Crippen molar-refractivity contribution in [1.29, 1.82) is 0 Å². The molecule has 2 N–H and O–H groups in total. The van der Waals surface area contributed by atoms with Gasteiger partial charge in [0.1, 0.15) is 16.8 Å². The van der Waals surface area contributed by atoms with Gasteiger partial charge in [0.25, 0.3) is 0 Å². The van der Waals surface area contributed by atoms with Gasteiger partial charge in [-0.1, -0.05) is 22.9 Å². The minimum absolute atomic E-state index is 0.0641. The molecule has 1 aliphatic heterocycles. The van der Waals surface area contributed by atoms with E-state index in [4.69, 9.17) is 11.6 Å². The quantitative estimate of drug-likeness (QED) is 0.696. The Hall–Kier alpha value is -2.03. The molecule has 3 heterocycles. The lowest BCUT2D eigenvalue weighted by Gasteiger charge is -2.29. The molecule has 1 aliphatic rings. The zero-order chi connectivity index (χ0) is 18.1. The Labute approximate surface area is 159 Å². The molecule has 0 radical (unpaired) electrons. The lowest BCUT2D eigenvalue weighted by molar-refractivity contribution is 0.264. The summed E-state index contributed by atoms with van der Waals surface area (Å²) in [6.07, 6.45) is 3.66. The van der Waals surface area contributed by atoms with E-state index in [2.05, 4.69) is 37.5 Å². The van der Waals surface area contributed by atoms with Crippen molar-refractivity contribution < 1.29 is 4.39 Å². The molecule has 4 rings (SSSR count). The first kappa shape index (κ1) is 17.4. The number of nitrogens with zero attached hydrogens (tertiary/aromatic N) is 4. The van der Waals surface area contributed by atoms with Crippen molar-refractivity contribution in [2.45, 2.75) is 18.9 Å². The minimum atomic E-state index is -0.451. The minimum Gasteiger partial charge on any atom is -0.359 e. The molecule has 136 valence electrons. The van der Waals surface area contributed by atoms with E-state index in [0.717, 1.165) is 35.8 Å². The molecule has 26 heavy (non-hydrogen) atoms. The molecule has 0 bridgehead atoms. The smallest absolute Gasteiger partial charge is 0.185 e. The molecule has 0 unspecified atom stereocenters. The van der Waals surface area contributed by atoms with E-state index in [1.807, 2.05) is 0 Å². The molecule has 1 aromatic carbocycles. The molecular weight excluding hydrogens is 375 g/mol. The van der Waals surface area contributed by atoms with Gasteiger partial charge in [-0.05, 0) is 51.2 Å². The summed E-state index contributed by atoms with van der Waals surface area (Å²) in [4.78, 5) is 15.5. The van der Waals surface area contributed by atoms with Crippen LogP contribution in [0.1, 0.15) is 12.8 Å². The summed E-state index contributed by atoms with van der Waals surface area (Å²) >= 11 is 7.36. The van der Waals surface area contributed by atoms with E-state index >= 15 is 0 Å². The lowest BCUT2D eigenvalue weighted by Crippen LogP contribution is -2.36. The standard InChI is InChI=1S/C17H18ClFN6S/c1-25-6-4-10(5-7-25)23-17-24-16-14(26-17)15(20-9-21-16)22-11-2-3-13(19)12(18)8-11/h2-3,8-10H,4-7H2,1H3,(H2,20,21,22,23,24). The second-order valence-corrected chi connectivity index (χ2v) is 7.78. The maximum atomic E-state index is 13.3. The van der Waals surface area contributed by atoms with Gasteiger partial charge in [-0.25, -0.2) is 14.4 Å². The van der Waals surface area contributed by atoms with E-state index in [9.17, 15) is 4.39 Å². The number of piperidine rings is 1. The molecule has 0 saturated carbocycles. The number of likely N-dealkylation sites (tertiary alicyclic amines) is 1. The summed E-state index contributed by atoms with van der Waals surface area (Å²) in [5.41, 5.74) is 1.30. The van der Waals surface area contributed by atoms with Gasteiger partial charge in [0.15, 0.2) is 16.6 Å². The molecule has 9 heteroatoms. The number of hydrogen-bond donors (Lipinski definition) is 2. The van der Waals surface area contributed by atoms with Gasteiger partial charge in [0, 0.05) is 11.7 Å². The SMILES string of the molecule is CN1CCC(Nc2nc3ncnc(Nc4ccc(F)c(Cl)c4)c3s2)CC1. The summed E-state index contributed by atoms with van der Waals surface area (Å²) < 4.78 is 14.2. The fourth-order valence-electron chi connectivity index (χ4n) is 2.94. The summed E-state index contributed by atoms with van der Waals surface area (Å²) in [6, 6.07) is 4.90. The van der Waals surface area contributed by atoms with Crippen molar-refractivity contribution in [3.05, 3.63) is 35.4 Å². The van der Waals surface area contributed by atoms with Crippen molar-refractivity contribution in [2.24, 2.45) is 0 Å². The van der Waals surface area contributed by atoms with Gasteiger partial charge in [-0.2, -0.15) is 4.98 Å². The normalized spacial score (nSPS) is 16.1. The molecule has 0 atom stereocenters. The number of aromatic nitrogens is 3. The Morgan fingerprint density at radius 3 is 2.85 bits per heavy atom. The third kappa shape index (κ3) is 3.72.